The molecule has 0 unspecified atom stereocenters. The van der Waals surface area contributed by atoms with Crippen molar-refractivity contribution in [3.63, 3.8) is 0 Å². The number of benzene rings is 2. The molecule has 0 saturated heterocycles. The quantitative estimate of drug-likeness (QED) is 0.650. The number of nitro groups is 1. The van der Waals surface area contributed by atoms with Gasteiger partial charge in [0.25, 0.3) is 5.69 Å². The summed E-state index contributed by atoms with van der Waals surface area (Å²) < 4.78 is 5.06. The molecule has 2 rings (SSSR count). The molecule has 0 aromatic heterocycles. The fourth-order valence-electron chi connectivity index (χ4n) is 2.07. The van der Waals surface area contributed by atoms with E-state index in [1.807, 2.05) is 31.2 Å². The van der Waals surface area contributed by atoms with Crippen molar-refractivity contribution >= 4 is 11.4 Å². The number of nitrogens with one attached hydrogen (secondary N) is 1. The Labute approximate surface area is 123 Å². The largest absolute Gasteiger partial charge is 0.380 e. The molecule has 0 aliphatic heterocycles. The van der Waals surface area contributed by atoms with Crippen molar-refractivity contribution in [3.05, 3.63) is 69.3 Å². The van der Waals surface area contributed by atoms with Crippen molar-refractivity contribution in [2.45, 2.75) is 20.1 Å². The summed E-state index contributed by atoms with van der Waals surface area (Å²) in [4.78, 5) is 10.6. The van der Waals surface area contributed by atoms with Gasteiger partial charge in [-0.3, -0.25) is 10.1 Å². The molecule has 0 fully saturated rings. The van der Waals surface area contributed by atoms with E-state index in [0.29, 0.717) is 18.8 Å². The van der Waals surface area contributed by atoms with Crippen LogP contribution in [0.15, 0.2) is 42.5 Å². The Morgan fingerprint density at radius 2 is 1.81 bits per heavy atom. The molecule has 1 N–H and O–H groups in total. The Morgan fingerprint density at radius 1 is 1.14 bits per heavy atom. The van der Waals surface area contributed by atoms with Crippen LogP contribution < -0.4 is 5.32 Å². The molecule has 5 nitrogen and oxygen atoms in total. The SMILES string of the molecule is COCc1ccc(CNc2cc(C)ccc2[N+](=O)[O-])cc1. The number of nitro benzene ring substituents is 1. The van der Waals surface area contributed by atoms with Gasteiger partial charge in [0.1, 0.15) is 5.69 Å². The normalized spacial score (nSPS) is 10.4. The van der Waals surface area contributed by atoms with Crippen LogP contribution in [0.5, 0.6) is 0 Å². The van der Waals surface area contributed by atoms with E-state index < -0.39 is 0 Å². The molecule has 0 saturated carbocycles. The molecule has 0 radical (unpaired) electrons. The Kier molecular flexibility index (Phi) is 4.90. The van der Waals surface area contributed by atoms with Crippen LogP contribution in [0.1, 0.15) is 16.7 Å². The highest BCUT2D eigenvalue weighted by molar-refractivity contribution is 5.62. The first-order chi connectivity index (χ1) is 10.1. The summed E-state index contributed by atoms with van der Waals surface area (Å²) in [5, 5.41) is 14.1. The van der Waals surface area contributed by atoms with Gasteiger partial charge in [-0.2, -0.15) is 0 Å². The van der Waals surface area contributed by atoms with Gasteiger partial charge in [-0.25, -0.2) is 0 Å². The first-order valence-electron chi connectivity index (χ1n) is 6.66. The molecule has 0 aliphatic carbocycles. The predicted octanol–water partition coefficient (Wildman–Crippen LogP) is 3.66. The van der Waals surface area contributed by atoms with Crippen LogP contribution >= 0.6 is 0 Å². The molecule has 2 aromatic rings. The smallest absolute Gasteiger partial charge is 0.292 e. The molecular formula is C16H18N2O3. The second-order valence-corrected chi connectivity index (χ2v) is 4.88. The summed E-state index contributed by atoms with van der Waals surface area (Å²) >= 11 is 0. The molecule has 21 heavy (non-hydrogen) atoms. The maximum atomic E-state index is 11.0. The number of anilines is 1. The molecular weight excluding hydrogens is 268 g/mol. The van der Waals surface area contributed by atoms with Crippen LogP contribution in [0.3, 0.4) is 0 Å². The number of methoxy groups -OCH3 is 1. The van der Waals surface area contributed by atoms with Crippen molar-refractivity contribution in [2.75, 3.05) is 12.4 Å². The molecule has 110 valence electrons. The molecule has 0 heterocycles. The molecule has 0 spiro atoms. The van der Waals surface area contributed by atoms with Crippen molar-refractivity contribution in [1.82, 2.24) is 0 Å². The zero-order valence-corrected chi connectivity index (χ0v) is 12.1. The van der Waals surface area contributed by atoms with E-state index in [0.717, 1.165) is 16.7 Å². The summed E-state index contributed by atoms with van der Waals surface area (Å²) in [6.07, 6.45) is 0. The van der Waals surface area contributed by atoms with Crippen LogP contribution in [0.2, 0.25) is 0 Å². The van der Waals surface area contributed by atoms with Crippen molar-refractivity contribution in [2.24, 2.45) is 0 Å². The minimum atomic E-state index is -0.372. The van der Waals surface area contributed by atoms with Gasteiger partial charge in [0.05, 0.1) is 11.5 Å². The Hall–Kier alpha value is -2.40. The van der Waals surface area contributed by atoms with E-state index in [2.05, 4.69) is 5.32 Å². The molecule has 5 heteroatoms. The highest BCUT2D eigenvalue weighted by Crippen LogP contribution is 2.25. The zero-order chi connectivity index (χ0) is 15.2. The highest BCUT2D eigenvalue weighted by atomic mass is 16.6. The monoisotopic (exact) mass is 286 g/mol. The van der Waals surface area contributed by atoms with E-state index in [4.69, 9.17) is 4.74 Å². The summed E-state index contributed by atoms with van der Waals surface area (Å²) in [7, 11) is 1.66. The van der Waals surface area contributed by atoms with E-state index >= 15 is 0 Å². The summed E-state index contributed by atoms with van der Waals surface area (Å²) in [5.41, 5.74) is 3.78. The lowest BCUT2D eigenvalue weighted by atomic mass is 10.1. The molecule has 0 aliphatic rings. The first kappa shape index (κ1) is 15.0. The van der Waals surface area contributed by atoms with Crippen LogP contribution in [0.4, 0.5) is 11.4 Å². The standard InChI is InChI=1S/C16H18N2O3/c1-12-3-8-16(18(19)20)15(9-12)17-10-13-4-6-14(7-5-13)11-21-2/h3-9,17H,10-11H2,1-2H3. The Bertz CT molecular complexity index is 624. The van der Waals surface area contributed by atoms with E-state index in [9.17, 15) is 10.1 Å². The van der Waals surface area contributed by atoms with Gasteiger partial charge >= 0.3 is 0 Å². The van der Waals surface area contributed by atoms with Gasteiger partial charge in [-0.1, -0.05) is 30.3 Å². The van der Waals surface area contributed by atoms with Crippen LogP contribution in [0, 0.1) is 17.0 Å². The fourth-order valence-corrected chi connectivity index (χ4v) is 2.07. The summed E-state index contributed by atoms with van der Waals surface area (Å²) in [5.74, 6) is 0. The lowest BCUT2D eigenvalue weighted by Gasteiger charge is -2.09. The lowest BCUT2D eigenvalue weighted by Crippen LogP contribution is -2.03. The van der Waals surface area contributed by atoms with Crippen molar-refractivity contribution < 1.29 is 9.66 Å². The van der Waals surface area contributed by atoms with Gasteiger partial charge in [0, 0.05) is 19.7 Å². The van der Waals surface area contributed by atoms with Gasteiger partial charge in [-0.05, 0) is 29.7 Å². The predicted molar refractivity (Wildman–Crippen MR) is 82.3 cm³/mol. The first-order valence-corrected chi connectivity index (χ1v) is 6.66. The van der Waals surface area contributed by atoms with Gasteiger partial charge < -0.3 is 10.1 Å². The molecule has 0 atom stereocenters. The third-order valence-electron chi connectivity index (χ3n) is 3.17. The van der Waals surface area contributed by atoms with Gasteiger partial charge in [-0.15, -0.1) is 0 Å². The third kappa shape index (κ3) is 4.03. The zero-order valence-electron chi connectivity index (χ0n) is 12.1. The maximum Gasteiger partial charge on any atom is 0.292 e. The number of aryl methyl sites for hydroxylation is 1. The summed E-state index contributed by atoms with van der Waals surface area (Å²) in [6, 6.07) is 13.0. The van der Waals surface area contributed by atoms with E-state index in [-0.39, 0.29) is 10.6 Å². The molecule has 0 bridgehead atoms. The maximum absolute atomic E-state index is 11.0. The van der Waals surface area contributed by atoms with Gasteiger partial charge in [0.2, 0.25) is 0 Å². The molecule has 0 amide bonds. The average Bonchev–Trinajstić information content (AvgIpc) is 2.46. The van der Waals surface area contributed by atoms with Crippen LogP contribution in [-0.2, 0) is 17.9 Å². The van der Waals surface area contributed by atoms with Crippen LogP contribution in [-0.4, -0.2) is 12.0 Å². The van der Waals surface area contributed by atoms with Crippen molar-refractivity contribution in [1.29, 1.82) is 0 Å². The number of ether oxygens (including phenoxy) is 1. The third-order valence-corrected chi connectivity index (χ3v) is 3.17. The number of hydrogen-bond acceptors (Lipinski definition) is 4. The highest BCUT2D eigenvalue weighted by Gasteiger charge is 2.12. The Morgan fingerprint density at radius 3 is 2.43 bits per heavy atom. The minimum absolute atomic E-state index is 0.0941. The van der Waals surface area contributed by atoms with Crippen molar-refractivity contribution in [3.8, 4) is 0 Å². The minimum Gasteiger partial charge on any atom is -0.380 e. The number of hydrogen-bond donors (Lipinski definition) is 1. The average molecular weight is 286 g/mol. The second-order valence-electron chi connectivity index (χ2n) is 4.88. The topological polar surface area (TPSA) is 64.4 Å². The van der Waals surface area contributed by atoms with E-state index in [1.165, 1.54) is 6.07 Å². The summed E-state index contributed by atoms with van der Waals surface area (Å²) in [6.45, 7) is 3.03. The van der Waals surface area contributed by atoms with Gasteiger partial charge in [0.15, 0.2) is 0 Å². The molecule has 2 aromatic carbocycles. The van der Waals surface area contributed by atoms with E-state index in [1.54, 1.807) is 19.2 Å². The number of nitrogens with zero attached hydrogens (tertiary/aromatic N) is 1. The Balaban J connectivity index is 2.08. The second kappa shape index (κ2) is 6.85. The number of rotatable bonds is 6. The fraction of sp³-hybridized carbons (Fsp3) is 0.250. The lowest BCUT2D eigenvalue weighted by molar-refractivity contribution is -0.384. The van der Waals surface area contributed by atoms with Crippen LogP contribution in [0.25, 0.3) is 0 Å².